The van der Waals surface area contributed by atoms with Gasteiger partial charge in [-0.05, 0) is 44.5 Å². The van der Waals surface area contributed by atoms with Gasteiger partial charge in [0.05, 0.1) is 16.7 Å². The van der Waals surface area contributed by atoms with Crippen LogP contribution in [-0.4, -0.2) is 14.5 Å². The fourth-order valence-electron chi connectivity index (χ4n) is 6.74. The molecule has 0 aliphatic heterocycles. The van der Waals surface area contributed by atoms with Crippen LogP contribution in [0.25, 0.3) is 82.6 Å². The van der Waals surface area contributed by atoms with Crippen molar-refractivity contribution in [2.75, 3.05) is 0 Å². The molecule has 3 nitrogen and oxygen atoms in total. The summed E-state index contributed by atoms with van der Waals surface area (Å²) < 4.78 is 2.28. The van der Waals surface area contributed by atoms with Crippen molar-refractivity contribution < 1.29 is 0 Å². The maximum Gasteiger partial charge on any atom is 0.162 e. The summed E-state index contributed by atoms with van der Waals surface area (Å²) in [5.41, 5.74) is 5.24. The molecule has 43 heavy (non-hydrogen) atoms. The molecule has 9 aromatic rings. The van der Waals surface area contributed by atoms with Crippen molar-refractivity contribution in [2.45, 2.75) is 0 Å². The predicted octanol–water partition coefficient (Wildman–Crippen LogP) is 10.4. The van der Waals surface area contributed by atoms with Crippen LogP contribution in [0.5, 0.6) is 0 Å². The molecule has 0 saturated carbocycles. The molecule has 0 spiro atoms. The molecule has 0 fully saturated rings. The lowest BCUT2D eigenvalue weighted by atomic mass is 9.91. The molecule has 0 bridgehead atoms. The van der Waals surface area contributed by atoms with Gasteiger partial charge in [-0.15, -0.1) is 0 Å². The van der Waals surface area contributed by atoms with E-state index in [1.165, 1.54) is 43.1 Å². The van der Waals surface area contributed by atoms with Gasteiger partial charge in [-0.1, -0.05) is 133 Å². The predicted molar refractivity (Wildman–Crippen MR) is 180 cm³/mol. The molecule has 3 heteroatoms. The lowest BCUT2D eigenvalue weighted by Gasteiger charge is -2.16. The van der Waals surface area contributed by atoms with Gasteiger partial charge in [-0.25, -0.2) is 9.97 Å². The molecule has 9 rings (SSSR count). The number of benzene rings is 7. The molecule has 2 aromatic heterocycles. The van der Waals surface area contributed by atoms with E-state index in [0.29, 0.717) is 5.82 Å². The minimum Gasteiger partial charge on any atom is -0.294 e. The second-order valence-corrected chi connectivity index (χ2v) is 11.0. The molecule has 0 aliphatic rings. The fraction of sp³-hybridized carbons (Fsp3) is 0. The Morgan fingerprint density at radius 3 is 1.51 bits per heavy atom. The first kappa shape index (κ1) is 23.9. The summed E-state index contributed by atoms with van der Waals surface area (Å²) in [4.78, 5) is 10.5. The summed E-state index contributed by atoms with van der Waals surface area (Å²) in [6.07, 6.45) is 0. The first-order chi connectivity index (χ1) is 21.3. The Bertz CT molecular complexity index is 2410. The summed E-state index contributed by atoms with van der Waals surface area (Å²) >= 11 is 0. The van der Waals surface area contributed by atoms with E-state index >= 15 is 0 Å². The third kappa shape index (κ3) is 3.62. The average molecular weight is 548 g/mol. The number of para-hydroxylation sites is 2. The Balaban J connectivity index is 1.42. The molecule has 0 unspecified atom stereocenters. The second kappa shape index (κ2) is 9.37. The number of hydrogen-bond acceptors (Lipinski definition) is 2. The van der Waals surface area contributed by atoms with Crippen molar-refractivity contribution in [1.29, 1.82) is 0 Å². The SMILES string of the molecule is c1ccc(-c2nc(-c3cccc4c5ccccc5c5ccccc5c34)cc(-n3c4ccccc4c4ccccc43)n2)cc1. The lowest BCUT2D eigenvalue weighted by molar-refractivity contribution is 1.05. The zero-order valence-corrected chi connectivity index (χ0v) is 23.3. The van der Waals surface area contributed by atoms with E-state index < -0.39 is 0 Å². The molecule has 0 amide bonds. The van der Waals surface area contributed by atoms with E-state index in [1.54, 1.807) is 0 Å². The van der Waals surface area contributed by atoms with Gasteiger partial charge in [0.25, 0.3) is 0 Å². The standard InChI is InChI=1S/C40H25N3/c1-2-13-26(14-3-1)40-41-35(25-38(42-40)43-36-23-10-8-18-30(36)31-19-9-11-24-37(31)43)34-22-12-21-33-29-16-5-4-15-27(29)28-17-6-7-20-32(28)39(33)34/h1-25H. The van der Waals surface area contributed by atoms with E-state index in [1.807, 2.05) is 18.2 Å². The summed E-state index contributed by atoms with van der Waals surface area (Å²) in [7, 11) is 0. The van der Waals surface area contributed by atoms with Gasteiger partial charge < -0.3 is 0 Å². The molecule has 2 heterocycles. The van der Waals surface area contributed by atoms with Crippen LogP contribution in [0.15, 0.2) is 152 Å². The number of nitrogens with zero attached hydrogens (tertiary/aromatic N) is 3. The average Bonchev–Trinajstić information content (AvgIpc) is 3.43. The highest BCUT2D eigenvalue weighted by atomic mass is 15.1. The van der Waals surface area contributed by atoms with Crippen LogP contribution < -0.4 is 0 Å². The smallest absolute Gasteiger partial charge is 0.162 e. The Labute approximate surface area is 248 Å². The van der Waals surface area contributed by atoms with Crippen LogP contribution in [0.4, 0.5) is 0 Å². The largest absolute Gasteiger partial charge is 0.294 e. The quantitative estimate of drug-likeness (QED) is 0.206. The third-order valence-corrected chi connectivity index (χ3v) is 8.60. The number of hydrogen-bond donors (Lipinski definition) is 0. The Morgan fingerprint density at radius 1 is 0.395 bits per heavy atom. The molecular formula is C40H25N3. The number of rotatable bonds is 3. The molecule has 0 saturated heterocycles. The Morgan fingerprint density at radius 2 is 0.884 bits per heavy atom. The van der Waals surface area contributed by atoms with Crippen LogP contribution in [0.2, 0.25) is 0 Å². The van der Waals surface area contributed by atoms with Crippen molar-refractivity contribution >= 4 is 54.1 Å². The molecule has 200 valence electrons. The molecule has 0 aliphatic carbocycles. The van der Waals surface area contributed by atoms with Crippen molar-refractivity contribution in [2.24, 2.45) is 0 Å². The van der Waals surface area contributed by atoms with Gasteiger partial charge in [0.1, 0.15) is 5.82 Å². The van der Waals surface area contributed by atoms with Crippen LogP contribution >= 0.6 is 0 Å². The Hall–Kier alpha value is -5.80. The van der Waals surface area contributed by atoms with E-state index in [-0.39, 0.29) is 0 Å². The van der Waals surface area contributed by atoms with Crippen LogP contribution in [0.1, 0.15) is 0 Å². The Kier molecular flexibility index (Phi) is 5.20. The zero-order chi connectivity index (χ0) is 28.3. The third-order valence-electron chi connectivity index (χ3n) is 8.60. The van der Waals surface area contributed by atoms with Gasteiger partial charge in [0.15, 0.2) is 5.82 Å². The summed E-state index contributed by atoms with van der Waals surface area (Å²) in [6.45, 7) is 0. The van der Waals surface area contributed by atoms with Crippen LogP contribution in [0, 0.1) is 0 Å². The van der Waals surface area contributed by atoms with Gasteiger partial charge in [0, 0.05) is 28.0 Å². The van der Waals surface area contributed by atoms with Crippen molar-refractivity contribution in [3.05, 3.63) is 152 Å². The highest BCUT2D eigenvalue weighted by molar-refractivity contribution is 6.28. The minimum absolute atomic E-state index is 0.706. The van der Waals surface area contributed by atoms with E-state index in [9.17, 15) is 0 Å². The summed E-state index contributed by atoms with van der Waals surface area (Å²) in [6, 6.07) is 53.6. The van der Waals surface area contributed by atoms with Crippen molar-refractivity contribution in [3.63, 3.8) is 0 Å². The van der Waals surface area contributed by atoms with Gasteiger partial charge in [-0.2, -0.15) is 0 Å². The number of aromatic nitrogens is 3. The first-order valence-corrected chi connectivity index (χ1v) is 14.6. The molecular weight excluding hydrogens is 522 g/mol. The maximum atomic E-state index is 5.26. The van der Waals surface area contributed by atoms with Gasteiger partial charge in [-0.3, -0.25) is 4.57 Å². The zero-order valence-electron chi connectivity index (χ0n) is 23.3. The van der Waals surface area contributed by atoms with Crippen LogP contribution in [-0.2, 0) is 0 Å². The molecule has 7 aromatic carbocycles. The number of fused-ring (bicyclic) bond motifs is 9. The highest BCUT2D eigenvalue weighted by Gasteiger charge is 2.18. The fourth-order valence-corrected chi connectivity index (χ4v) is 6.74. The first-order valence-electron chi connectivity index (χ1n) is 14.6. The summed E-state index contributed by atoms with van der Waals surface area (Å²) in [5, 5.41) is 9.85. The summed E-state index contributed by atoms with van der Waals surface area (Å²) in [5.74, 6) is 1.56. The molecule has 0 N–H and O–H groups in total. The lowest BCUT2D eigenvalue weighted by Crippen LogP contribution is -2.02. The van der Waals surface area contributed by atoms with Gasteiger partial charge >= 0.3 is 0 Å². The minimum atomic E-state index is 0.706. The monoisotopic (exact) mass is 547 g/mol. The van der Waals surface area contributed by atoms with E-state index in [0.717, 1.165) is 33.7 Å². The molecule has 0 atom stereocenters. The molecule has 0 radical (unpaired) electrons. The van der Waals surface area contributed by atoms with Crippen LogP contribution in [0.3, 0.4) is 0 Å². The maximum absolute atomic E-state index is 5.26. The highest BCUT2D eigenvalue weighted by Crippen LogP contribution is 2.41. The van der Waals surface area contributed by atoms with Crippen molar-refractivity contribution in [1.82, 2.24) is 14.5 Å². The normalized spacial score (nSPS) is 11.7. The van der Waals surface area contributed by atoms with E-state index in [2.05, 4.69) is 138 Å². The van der Waals surface area contributed by atoms with Gasteiger partial charge in [0.2, 0.25) is 0 Å². The topological polar surface area (TPSA) is 30.7 Å². The van der Waals surface area contributed by atoms with Crippen molar-refractivity contribution in [3.8, 4) is 28.5 Å². The van der Waals surface area contributed by atoms with E-state index in [4.69, 9.17) is 9.97 Å². The second-order valence-electron chi connectivity index (χ2n) is 11.0.